The summed E-state index contributed by atoms with van der Waals surface area (Å²) >= 11 is 0. The minimum absolute atomic E-state index is 0. The molecule has 5 nitrogen and oxygen atoms in total. The van der Waals surface area contributed by atoms with Crippen LogP contribution in [0.5, 0.6) is 0 Å². The van der Waals surface area contributed by atoms with Gasteiger partial charge >= 0.3 is 6.03 Å². The van der Waals surface area contributed by atoms with Gasteiger partial charge in [0.25, 0.3) is 0 Å². The molecule has 2 fully saturated rings. The summed E-state index contributed by atoms with van der Waals surface area (Å²) < 4.78 is 0. The molecule has 1 radical (unpaired) electrons. The molecule has 0 aromatic heterocycles. The van der Waals surface area contributed by atoms with Crippen LogP contribution in [0, 0.1) is 5.92 Å². The molecule has 4 amide bonds. The van der Waals surface area contributed by atoms with Crippen molar-refractivity contribution in [2.45, 2.75) is 25.7 Å². The average molecular weight is 219 g/mol. The number of urea groups is 1. The molecular formula is C9H12N2NaO3. The Morgan fingerprint density at radius 1 is 1.13 bits per heavy atom. The van der Waals surface area contributed by atoms with Crippen molar-refractivity contribution in [1.29, 1.82) is 0 Å². The van der Waals surface area contributed by atoms with Crippen molar-refractivity contribution in [3.8, 4) is 0 Å². The van der Waals surface area contributed by atoms with Crippen LogP contribution >= 0.6 is 0 Å². The number of carbonyl (C=O) groups is 3. The number of fused-ring (bicyclic) bond motifs is 2. The van der Waals surface area contributed by atoms with E-state index < -0.39 is 17.9 Å². The standard InChI is InChI=1S/C9H12N2O3.Na/c12-7-6-4-2-1-3-5-11(8(6)13)9(14)10-7;/h6H,1-5H2,(H,10,12,14);. The van der Waals surface area contributed by atoms with E-state index in [0.717, 1.165) is 24.2 Å². The van der Waals surface area contributed by atoms with Gasteiger partial charge in [0, 0.05) is 36.1 Å². The van der Waals surface area contributed by atoms with Crippen LogP contribution in [0.2, 0.25) is 0 Å². The second kappa shape index (κ2) is 5.09. The van der Waals surface area contributed by atoms with E-state index in [0.29, 0.717) is 13.0 Å². The minimum Gasteiger partial charge on any atom is -0.277 e. The van der Waals surface area contributed by atoms with Crippen LogP contribution in [0.4, 0.5) is 4.79 Å². The van der Waals surface area contributed by atoms with Crippen LogP contribution in [-0.2, 0) is 9.59 Å². The molecule has 77 valence electrons. The SMILES string of the molecule is O=C1NC(=O)N2CCCCCC1C2=O.[Na]. The molecule has 1 unspecified atom stereocenters. The molecule has 2 aliphatic rings. The minimum atomic E-state index is -0.631. The number of hydrogen-bond donors (Lipinski definition) is 1. The van der Waals surface area contributed by atoms with Crippen molar-refractivity contribution < 1.29 is 14.4 Å². The van der Waals surface area contributed by atoms with Crippen molar-refractivity contribution in [3.05, 3.63) is 0 Å². The number of carbonyl (C=O) groups excluding carboxylic acids is 3. The van der Waals surface area contributed by atoms with E-state index >= 15 is 0 Å². The van der Waals surface area contributed by atoms with Gasteiger partial charge in [-0.1, -0.05) is 12.8 Å². The Balaban J connectivity index is 0.00000112. The zero-order chi connectivity index (χ0) is 10.1. The second-order valence-corrected chi connectivity index (χ2v) is 3.69. The van der Waals surface area contributed by atoms with E-state index in [9.17, 15) is 14.4 Å². The number of barbiturate groups is 1. The number of rotatable bonds is 0. The summed E-state index contributed by atoms with van der Waals surface area (Å²) in [4.78, 5) is 35.4. The molecule has 0 aromatic carbocycles. The van der Waals surface area contributed by atoms with Crippen LogP contribution in [0.15, 0.2) is 0 Å². The van der Waals surface area contributed by atoms with Crippen molar-refractivity contribution in [1.82, 2.24) is 10.2 Å². The van der Waals surface area contributed by atoms with Gasteiger partial charge in [-0.3, -0.25) is 19.8 Å². The van der Waals surface area contributed by atoms with Crippen molar-refractivity contribution in [2.75, 3.05) is 6.54 Å². The largest absolute Gasteiger partial charge is 0.330 e. The van der Waals surface area contributed by atoms with E-state index in [1.807, 2.05) is 0 Å². The molecule has 2 rings (SSSR count). The van der Waals surface area contributed by atoms with Crippen LogP contribution in [0.25, 0.3) is 0 Å². The molecule has 2 aliphatic heterocycles. The van der Waals surface area contributed by atoms with Crippen molar-refractivity contribution >= 4 is 47.4 Å². The molecule has 0 saturated carbocycles. The van der Waals surface area contributed by atoms with Crippen LogP contribution in [-0.4, -0.2) is 58.8 Å². The first-order valence-electron chi connectivity index (χ1n) is 4.86. The third kappa shape index (κ3) is 2.41. The van der Waals surface area contributed by atoms with Crippen LogP contribution in [0.1, 0.15) is 25.7 Å². The molecule has 0 spiro atoms. The van der Waals surface area contributed by atoms with E-state index in [2.05, 4.69) is 5.32 Å². The van der Waals surface area contributed by atoms with Crippen LogP contribution < -0.4 is 5.32 Å². The molecule has 2 heterocycles. The Bertz CT molecular complexity index is 280. The molecule has 1 N–H and O–H groups in total. The molecule has 0 aliphatic carbocycles. The third-order valence-corrected chi connectivity index (χ3v) is 2.73. The summed E-state index contributed by atoms with van der Waals surface area (Å²) in [6.07, 6.45) is 3.25. The Kier molecular flexibility index (Phi) is 4.31. The first-order valence-corrected chi connectivity index (χ1v) is 4.86. The monoisotopic (exact) mass is 219 g/mol. The van der Waals surface area contributed by atoms with Gasteiger partial charge in [0.1, 0.15) is 5.92 Å². The topological polar surface area (TPSA) is 66.5 Å². The molecule has 2 saturated heterocycles. The summed E-state index contributed by atoms with van der Waals surface area (Å²) in [6.45, 7) is 0.439. The van der Waals surface area contributed by atoms with Gasteiger partial charge in [-0.2, -0.15) is 0 Å². The maximum atomic E-state index is 11.6. The van der Waals surface area contributed by atoms with Gasteiger partial charge in [0.05, 0.1) is 0 Å². The Morgan fingerprint density at radius 2 is 1.87 bits per heavy atom. The third-order valence-electron chi connectivity index (χ3n) is 2.73. The van der Waals surface area contributed by atoms with Gasteiger partial charge < -0.3 is 0 Å². The number of nitrogens with zero attached hydrogens (tertiary/aromatic N) is 1. The molecular weight excluding hydrogens is 207 g/mol. The Labute approximate surface area is 110 Å². The zero-order valence-electron chi connectivity index (χ0n) is 8.78. The van der Waals surface area contributed by atoms with E-state index in [1.54, 1.807) is 0 Å². The summed E-state index contributed by atoms with van der Waals surface area (Å²) in [5.41, 5.74) is 0. The maximum Gasteiger partial charge on any atom is 0.330 e. The van der Waals surface area contributed by atoms with Crippen molar-refractivity contribution in [3.63, 3.8) is 0 Å². The van der Waals surface area contributed by atoms with Gasteiger partial charge in [-0.25, -0.2) is 4.79 Å². The summed E-state index contributed by atoms with van der Waals surface area (Å²) in [7, 11) is 0. The van der Waals surface area contributed by atoms with Crippen LogP contribution in [0.3, 0.4) is 0 Å². The van der Waals surface area contributed by atoms with Gasteiger partial charge in [0.15, 0.2) is 0 Å². The number of nitrogens with one attached hydrogen (secondary N) is 1. The number of amides is 4. The van der Waals surface area contributed by atoms with Crippen molar-refractivity contribution in [2.24, 2.45) is 5.92 Å². The molecule has 15 heavy (non-hydrogen) atoms. The summed E-state index contributed by atoms with van der Waals surface area (Å²) in [5, 5.41) is 2.21. The van der Waals surface area contributed by atoms with Gasteiger partial charge in [0.2, 0.25) is 11.8 Å². The Hall–Kier alpha value is -0.390. The number of imide groups is 2. The smallest absolute Gasteiger partial charge is 0.277 e. The predicted octanol–water partition coefficient (Wildman–Crippen LogP) is -0.126. The van der Waals surface area contributed by atoms with E-state index in [1.165, 1.54) is 0 Å². The second-order valence-electron chi connectivity index (χ2n) is 3.69. The van der Waals surface area contributed by atoms with E-state index in [-0.39, 0.29) is 35.5 Å². The fourth-order valence-electron chi connectivity index (χ4n) is 1.92. The summed E-state index contributed by atoms with van der Waals surface area (Å²) in [5.74, 6) is -1.38. The first-order chi connectivity index (χ1) is 6.70. The molecule has 0 aromatic rings. The molecule has 6 heteroatoms. The molecule has 1 atom stereocenters. The fourth-order valence-corrected chi connectivity index (χ4v) is 1.92. The normalized spacial score (nSPS) is 26.3. The first kappa shape index (κ1) is 12.7. The average Bonchev–Trinajstić information content (AvgIpc) is 2.10. The molecule has 2 bridgehead atoms. The van der Waals surface area contributed by atoms with Gasteiger partial charge in [-0.15, -0.1) is 0 Å². The zero-order valence-corrected chi connectivity index (χ0v) is 10.8. The fraction of sp³-hybridized carbons (Fsp3) is 0.667. The van der Waals surface area contributed by atoms with E-state index in [4.69, 9.17) is 0 Å². The number of hydrogen-bond acceptors (Lipinski definition) is 3. The maximum absolute atomic E-state index is 11.6. The summed E-state index contributed by atoms with van der Waals surface area (Å²) in [6, 6.07) is -0.557. The predicted molar refractivity (Wildman–Crippen MR) is 53.0 cm³/mol. The Morgan fingerprint density at radius 3 is 2.60 bits per heavy atom. The van der Waals surface area contributed by atoms with Gasteiger partial charge in [-0.05, 0) is 12.8 Å². The quantitative estimate of drug-likeness (QED) is 0.456.